The number of amides is 1. The lowest BCUT2D eigenvalue weighted by atomic mass is 10.1. The number of nitrogens with one attached hydrogen (secondary N) is 1. The van der Waals surface area contributed by atoms with Crippen molar-refractivity contribution < 1.29 is 23.2 Å². The van der Waals surface area contributed by atoms with Gasteiger partial charge in [-0.05, 0) is 71.1 Å². The zero-order chi connectivity index (χ0) is 20.0. The third kappa shape index (κ3) is 4.86. The molecular weight excluding hydrogens is 347 g/mol. The van der Waals surface area contributed by atoms with E-state index in [0.717, 1.165) is 43.0 Å². The van der Waals surface area contributed by atoms with Gasteiger partial charge >= 0.3 is 5.97 Å². The molecule has 0 aromatic heterocycles. The summed E-state index contributed by atoms with van der Waals surface area (Å²) in [6.45, 7) is 10.5. The van der Waals surface area contributed by atoms with E-state index in [2.05, 4.69) is 12.2 Å². The first-order chi connectivity index (χ1) is 12.8. The molecule has 0 saturated carbocycles. The van der Waals surface area contributed by atoms with E-state index < -0.39 is 11.8 Å². The van der Waals surface area contributed by atoms with Gasteiger partial charge in [-0.25, -0.2) is 9.18 Å². The van der Waals surface area contributed by atoms with Crippen molar-refractivity contribution in [2.75, 3.05) is 31.6 Å². The number of anilines is 1. The lowest BCUT2D eigenvalue weighted by Crippen LogP contribution is -2.59. The molecular formula is C21H32FN2O3+. The molecule has 1 heterocycles. The summed E-state index contributed by atoms with van der Waals surface area (Å²) >= 11 is 0. The summed E-state index contributed by atoms with van der Waals surface area (Å²) < 4.78 is 19.6. The maximum Gasteiger partial charge on any atom is 0.340 e. The van der Waals surface area contributed by atoms with Crippen molar-refractivity contribution in [2.24, 2.45) is 0 Å². The third-order valence-corrected chi connectivity index (χ3v) is 5.83. The van der Waals surface area contributed by atoms with Crippen LogP contribution in [0.25, 0.3) is 0 Å². The van der Waals surface area contributed by atoms with Crippen molar-refractivity contribution >= 4 is 17.6 Å². The minimum Gasteiger partial charge on any atom is -0.462 e. The van der Waals surface area contributed by atoms with Crippen LogP contribution in [0.2, 0.25) is 0 Å². The van der Waals surface area contributed by atoms with Crippen LogP contribution in [0.1, 0.15) is 62.4 Å². The van der Waals surface area contributed by atoms with Crippen LogP contribution in [0.15, 0.2) is 12.1 Å². The Kier molecular flexibility index (Phi) is 7.36. The molecule has 0 radical (unpaired) electrons. The Hall–Kier alpha value is -1.95. The molecule has 1 aliphatic heterocycles. The molecule has 1 atom stereocenters. The molecule has 1 aliphatic rings. The molecule has 27 heavy (non-hydrogen) atoms. The number of benzene rings is 1. The first kappa shape index (κ1) is 21.4. The molecule has 1 aromatic carbocycles. The maximum absolute atomic E-state index is 13.8. The predicted octanol–water partition coefficient (Wildman–Crippen LogP) is 4.05. The van der Waals surface area contributed by atoms with Gasteiger partial charge in [0.1, 0.15) is 5.82 Å². The minimum absolute atomic E-state index is 0.0637. The molecule has 150 valence electrons. The number of aryl methyl sites for hydroxylation is 1. The molecule has 1 N–H and O–H groups in total. The van der Waals surface area contributed by atoms with Gasteiger partial charge in [-0.3, -0.25) is 4.79 Å². The molecule has 0 aliphatic carbocycles. The topological polar surface area (TPSA) is 55.4 Å². The molecule has 2 rings (SSSR count). The quantitative estimate of drug-likeness (QED) is 0.599. The Labute approximate surface area is 161 Å². The van der Waals surface area contributed by atoms with Gasteiger partial charge in [0, 0.05) is 0 Å². The van der Waals surface area contributed by atoms with Crippen LogP contribution in [-0.4, -0.2) is 48.6 Å². The zero-order valence-electron chi connectivity index (χ0n) is 16.9. The first-order valence-electron chi connectivity index (χ1n) is 9.98. The largest absolute Gasteiger partial charge is 0.462 e. The molecule has 1 aromatic rings. The number of rotatable bonds is 6. The monoisotopic (exact) mass is 379 g/mol. The normalized spacial score (nSPS) is 17.7. The summed E-state index contributed by atoms with van der Waals surface area (Å²) in [5.41, 5.74) is 0.919. The Morgan fingerprint density at radius 2 is 1.81 bits per heavy atom. The van der Waals surface area contributed by atoms with Gasteiger partial charge in [0.15, 0.2) is 6.04 Å². The van der Waals surface area contributed by atoms with Crippen LogP contribution >= 0.6 is 0 Å². The molecule has 0 spiro atoms. The van der Waals surface area contributed by atoms with E-state index in [1.165, 1.54) is 18.9 Å². The lowest BCUT2D eigenvalue weighted by Gasteiger charge is -2.41. The Morgan fingerprint density at radius 3 is 2.37 bits per heavy atom. The van der Waals surface area contributed by atoms with E-state index in [4.69, 9.17) is 4.74 Å². The summed E-state index contributed by atoms with van der Waals surface area (Å²) in [6, 6.07) is 2.20. The van der Waals surface area contributed by atoms with Crippen molar-refractivity contribution in [3.05, 3.63) is 29.1 Å². The van der Waals surface area contributed by atoms with Crippen molar-refractivity contribution in [3.8, 4) is 0 Å². The number of carbonyl (C=O) groups excluding carboxylic acids is 2. The Bertz CT molecular complexity index is 682. The number of quaternary nitrogens is 1. The summed E-state index contributed by atoms with van der Waals surface area (Å²) in [5.74, 6) is -1.29. The summed E-state index contributed by atoms with van der Waals surface area (Å²) in [5, 5.41) is 2.90. The van der Waals surface area contributed by atoms with Crippen molar-refractivity contribution in [1.82, 2.24) is 0 Å². The van der Waals surface area contributed by atoms with E-state index in [0.29, 0.717) is 11.3 Å². The number of hydrogen-bond acceptors (Lipinski definition) is 3. The molecule has 5 nitrogen and oxygen atoms in total. The second-order valence-electron chi connectivity index (χ2n) is 7.43. The molecule has 1 unspecified atom stereocenters. The maximum atomic E-state index is 13.8. The van der Waals surface area contributed by atoms with Crippen molar-refractivity contribution in [2.45, 2.75) is 59.4 Å². The van der Waals surface area contributed by atoms with E-state index in [-0.39, 0.29) is 24.1 Å². The number of likely N-dealkylation sites (tertiary alicyclic amines) is 1. The van der Waals surface area contributed by atoms with Gasteiger partial charge in [0.05, 0.1) is 37.5 Å². The molecule has 0 bridgehead atoms. The number of hydrogen-bond donors (Lipinski definition) is 1. The Morgan fingerprint density at radius 1 is 1.19 bits per heavy atom. The number of nitrogens with zero attached hydrogens (tertiary/aromatic N) is 1. The third-order valence-electron chi connectivity index (χ3n) is 5.83. The zero-order valence-corrected chi connectivity index (χ0v) is 16.9. The van der Waals surface area contributed by atoms with E-state index in [9.17, 15) is 14.0 Å². The van der Waals surface area contributed by atoms with E-state index in [1.54, 1.807) is 13.8 Å². The smallest absolute Gasteiger partial charge is 0.340 e. The number of ether oxygens (including phenoxy) is 1. The Balaban J connectivity index is 2.29. The standard InChI is InChI=1S/C21H31FN2O3/c1-5-24(11-9-7-8-10-12-24)16(4)20(25)23-19-15(3)13-17(22)14-18(19)21(26)27-6-2/h13-14,16H,5-12H2,1-4H3/p+1. The highest BCUT2D eigenvalue weighted by molar-refractivity contribution is 6.03. The summed E-state index contributed by atoms with van der Waals surface area (Å²) in [7, 11) is 0. The minimum atomic E-state index is -0.628. The molecule has 1 amide bonds. The van der Waals surface area contributed by atoms with Crippen molar-refractivity contribution in [3.63, 3.8) is 0 Å². The second kappa shape index (κ2) is 9.31. The van der Waals surface area contributed by atoms with Crippen molar-refractivity contribution in [1.29, 1.82) is 0 Å². The van der Waals surface area contributed by atoms with Gasteiger partial charge in [0.25, 0.3) is 5.91 Å². The number of likely N-dealkylation sites (N-methyl/N-ethyl adjacent to an activating group) is 1. The van der Waals surface area contributed by atoms with Gasteiger partial charge in [-0.2, -0.15) is 0 Å². The molecule has 6 heteroatoms. The summed E-state index contributed by atoms with van der Waals surface area (Å²) in [6.07, 6.45) is 4.65. The van der Waals surface area contributed by atoms with Gasteiger partial charge in [-0.1, -0.05) is 0 Å². The van der Waals surface area contributed by atoms with E-state index >= 15 is 0 Å². The highest BCUT2D eigenvalue weighted by Gasteiger charge is 2.38. The van der Waals surface area contributed by atoms with Gasteiger partial charge in [-0.15, -0.1) is 0 Å². The second-order valence-corrected chi connectivity index (χ2v) is 7.43. The van der Waals surface area contributed by atoms with Crippen LogP contribution in [0, 0.1) is 12.7 Å². The van der Waals surface area contributed by atoms with E-state index in [1.807, 2.05) is 6.92 Å². The molecule has 1 fully saturated rings. The SMILES string of the molecule is CCOC(=O)c1cc(F)cc(C)c1NC(=O)C(C)[N+]1(CC)CCCCCC1. The van der Waals surface area contributed by atoms with Crippen LogP contribution < -0.4 is 5.32 Å². The fraction of sp³-hybridized carbons (Fsp3) is 0.619. The number of halogens is 1. The lowest BCUT2D eigenvalue weighted by molar-refractivity contribution is -0.938. The summed E-state index contributed by atoms with van der Waals surface area (Å²) in [4.78, 5) is 25.3. The van der Waals surface area contributed by atoms with Gasteiger partial charge in [0.2, 0.25) is 0 Å². The fourth-order valence-corrected chi connectivity index (χ4v) is 4.05. The fourth-order valence-electron chi connectivity index (χ4n) is 4.05. The molecule has 1 saturated heterocycles. The number of carbonyl (C=O) groups is 2. The number of esters is 1. The average molecular weight is 379 g/mol. The van der Waals surface area contributed by atoms with Crippen LogP contribution in [0.4, 0.5) is 10.1 Å². The predicted molar refractivity (Wildman–Crippen MR) is 104 cm³/mol. The first-order valence-corrected chi connectivity index (χ1v) is 9.98. The van der Waals surface area contributed by atoms with Crippen LogP contribution in [0.3, 0.4) is 0 Å². The van der Waals surface area contributed by atoms with Crippen LogP contribution in [-0.2, 0) is 9.53 Å². The highest BCUT2D eigenvalue weighted by atomic mass is 19.1. The average Bonchev–Trinajstić information content (AvgIpc) is 2.89. The van der Waals surface area contributed by atoms with Crippen LogP contribution in [0.5, 0.6) is 0 Å². The van der Waals surface area contributed by atoms with Gasteiger partial charge < -0.3 is 14.5 Å². The highest BCUT2D eigenvalue weighted by Crippen LogP contribution is 2.27.